The lowest BCUT2D eigenvalue weighted by molar-refractivity contribution is -0.113. The Hall–Kier alpha value is -1.77. The SMILES string of the molecule is Cc1ccc(O)cc1C1=C(O)C(C)CC1=O. The Labute approximate surface area is 94.0 Å². The quantitative estimate of drug-likeness (QED) is 0.761. The zero-order chi connectivity index (χ0) is 11.9. The van der Waals surface area contributed by atoms with Crippen LogP contribution in [0.15, 0.2) is 24.0 Å². The van der Waals surface area contributed by atoms with E-state index in [1.54, 1.807) is 12.1 Å². The lowest BCUT2D eigenvalue weighted by Crippen LogP contribution is -1.98. The number of allylic oxidation sites excluding steroid dienone is 2. The second kappa shape index (κ2) is 3.67. The molecule has 1 unspecified atom stereocenters. The maximum Gasteiger partial charge on any atom is 0.167 e. The summed E-state index contributed by atoms with van der Waals surface area (Å²) in [6, 6.07) is 4.83. The highest BCUT2D eigenvalue weighted by Crippen LogP contribution is 2.36. The van der Waals surface area contributed by atoms with E-state index < -0.39 is 0 Å². The molecule has 1 aliphatic carbocycles. The summed E-state index contributed by atoms with van der Waals surface area (Å²) >= 11 is 0. The van der Waals surface area contributed by atoms with Crippen LogP contribution in [0.2, 0.25) is 0 Å². The molecule has 1 atom stereocenters. The molecule has 0 aliphatic heterocycles. The van der Waals surface area contributed by atoms with Gasteiger partial charge in [-0.15, -0.1) is 0 Å². The summed E-state index contributed by atoms with van der Waals surface area (Å²) in [4.78, 5) is 11.8. The molecule has 0 fully saturated rings. The van der Waals surface area contributed by atoms with Crippen molar-refractivity contribution in [3.63, 3.8) is 0 Å². The largest absolute Gasteiger partial charge is 0.511 e. The van der Waals surface area contributed by atoms with Gasteiger partial charge in [-0.1, -0.05) is 13.0 Å². The molecule has 16 heavy (non-hydrogen) atoms. The second-order valence-electron chi connectivity index (χ2n) is 4.29. The summed E-state index contributed by atoms with van der Waals surface area (Å²) in [7, 11) is 0. The molecule has 3 heteroatoms. The molecule has 1 aromatic carbocycles. The zero-order valence-corrected chi connectivity index (χ0v) is 9.32. The number of aliphatic hydroxyl groups is 1. The average Bonchev–Trinajstić information content (AvgIpc) is 2.46. The number of phenols is 1. The fourth-order valence-electron chi connectivity index (χ4n) is 2.03. The summed E-state index contributed by atoms with van der Waals surface area (Å²) in [5, 5.41) is 19.3. The van der Waals surface area contributed by atoms with Crippen LogP contribution in [0.3, 0.4) is 0 Å². The molecule has 0 aromatic heterocycles. The predicted molar refractivity (Wildman–Crippen MR) is 61.2 cm³/mol. The monoisotopic (exact) mass is 218 g/mol. The fraction of sp³-hybridized carbons (Fsp3) is 0.308. The number of carbonyl (C=O) groups is 1. The van der Waals surface area contributed by atoms with Gasteiger partial charge in [-0.2, -0.15) is 0 Å². The first-order valence-electron chi connectivity index (χ1n) is 5.27. The molecule has 84 valence electrons. The number of ketones is 1. The van der Waals surface area contributed by atoms with Crippen LogP contribution >= 0.6 is 0 Å². The number of aromatic hydroxyl groups is 1. The van der Waals surface area contributed by atoms with Crippen LogP contribution in [0.1, 0.15) is 24.5 Å². The van der Waals surface area contributed by atoms with Gasteiger partial charge in [0.1, 0.15) is 11.5 Å². The molecule has 0 spiro atoms. The van der Waals surface area contributed by atoms with Crippen molar-refractivity contribution in [1.29, 1.82) is 0 Å². The third kappa shape index (κ3) is 1.58. The van der Waals surface area contributed by atoms with Gasteiger partial charge in [-0.25, -0.2) is 0 Å². The molecule has 1 aliphatic rings. The maximum atomic E-state index is 11.8. The van der Waals surface area contributed by atoms with E-state index in [1.807, 2.05) is 13.8 Å². The van der Waals surface area contributed by atoms with E-state index >= 15 is 0 Å². The number of carbonyl (C=O) groups excluding carboxylic acids is 1. The summed E-state index contributed by atoms with van der Waals surface area (Å²) < 4.78 is 0. The molecule has 0 heterocycles. The molecule has 2 rings (SSSR count). The third-order valence-corrected chi connectivity index (χ3v) is 2.98. The van der Waals surface area contributed by atoms with Crippen molar-refractivity contribution >= 4 is 11.4 Å². The van der Waals surface area contributed by atoms with Crippen LogP contribution < -0.4 is 0 Å². The Bertz CT molecular complexity index is 486. The minimum atomic E-state index is -0.121. The average molecular weight is 218 g/mol. The molecule has 3 nitrogen and oxygen atoms in total. The Balaban J connectivity index is 2.60. The van der Waals surface area contributed by atoms with Crippen LogP contribution in [0.4, 0.5) is 0 Å². The van der Waals surface area contributed by atoms with Gasteiger partial charge in [-0.3, -0.25) is 4.79 Å². The molecule has 1 aromatic rings. The molecule has 0 bridgehead atoms. The Morgan fingerprint density at radius 1 is 1.31 bits per heavy atom. The number of aliphatic hydroxyl groups excluding tert-OH is 1. The van der Waals surface area contributed by atoms with E-state index in [2.05, 4.69) is 0 Å². The summed E-state index contributed by atoms with van der Waals surface area (Å²) in [6.07, 6.45) is 0.344. The maximum absolute atomic E-state index is 11.8. The van der Waals surface area contributed by atoms with Gasteiger partial charge >= 0.3 is 0 Å². The number of Topliss-reactive ketones (excluding diaryl/α,β-unsaturated/α-hetero) is 1. The number of hydrogen-bond donors (Lipinski definition) is 2. The number of phenolic OH excluding ortho intramolecular Hbond substituents is 1. The van der Waals surface area contributed by atoms with Crippen molar-refractivity contribution in [1.82, 2.24) is 0 Å². The first-order valence-corrected chi connectivity index (χ1v) is 5.27. The van der Waals surface area contributed by atoms with Gasteiger partial charge in [0.15, 0.2) is 5.78 Å². The second-order valence-corrected chi connectivity index (χ2v) is 4.29. The van der Waals surface area contributed by atoms with E-state index in [4.69, 9.17) is 0 Å². The van der Waals surface area contributed by atoms with Crippen molar-refractivity contribution in [2.24, 2.45) is 5.92 Å². The molecular weight excluding hydrogens is 204 g/mol. The lowest BCUT2D eigenvalue weighted by Gasteiger charge is -2.07. The van der Waals surface area contributed by atoms with E-state index in [0.29, 0.717) is 17.6 Å². The van der Waals surface area contributed by atoms with Crippen LogP contribution in [0.5, 0.6) is 5.75 Å². The third-order valence-electron chi connectivity index (χ3n) is 2.98. The zero-order valence-electron chi connectivity index (χ0n) is 9.32. The first kappa shape index (κ1) is 10.7. The Morgan fingerprint density at radius 3 is 2.56 bits per heavy atom. The Morgan fingerprint density at radius 2 is 2.00 bits per heavy atom. The summed E-state index contributed by atoms with van der Waals surface area (Å²) in [6.45, 7) is 3.67. The van der Waals surface area contributed by atoms with Gasteiger partial charge < -0.3 is 10.2 Å². The number of hydrogen-bond acceptors (Lipinski definition) is 3. The van der Waals surface area contributed by atoms with Crippen molar-refractivity contribution in [2.45, 2.75) is 20.3 Å². The Kier molecular flexibility index (Phi) is 2.46. The van der Waals surface area contributed by atoms with E-state index in [9.17, 15) is 15.0 Å². The fourth-order valence-corrected chi connectivity index (χ4v) is 2.03. The normalized spacial score (nSPS) is 20.6. The van der Waals surface area contributed by atoms with Crippen LogP contribution in [0, 0.1) is 12.8 Å². The first-order chi connectivity index (χ1) is 7.50. The standard InChI is InChI=1S/C13H14O3/c1-7-3-4-9(14)6-10(7)12-11(15)5-8(2)13(12)16/h3-4,6,8,14,16H,5H2,1-2H3. The topological polar surface area (TPSA) is 57.5 Å². The number of rotatable bonds is 1. The van der Waals surface area contributed by atoms with E-state index in [-0.39, 0.29) is 23.2 Å². The predicted octanol–water partition coefficient (Wildman–Crippen LogP) is 2.58. The number of benzene rings is 1. The minimum Gasteiger partial charge on any atom is -0.511 e. The van der Waals surface area contributed by atoms with Gasteiger partial charge in [-0.05, 0) is 30.2 Å². The van der Waals surface area contributed by atoms with Crippen molar-refractivity contribution in [3.8, 4) is 5.75 Å². The smallest absolute Gasteiger partial charge is 0.167 e. The van der Waals surface area contributed by atoms with Gasteiger partial charge in [0.25, 0.3) is 0 Å². The van der Waals surface area contributed by atoms with Gasteiger partial charge in [0.05, 0.1) is 5.57 Å². The van der Waals surface area contributed by atoms with Gasteiger partial charge in [0.2, 0.25) is 0 Å². The van der Waals surface area contributed by atoms with Crippen LogP contribution in [0.25, 0.3) is 5.57 Å². The molecule has 0 amide bonds. The summed E-state index contributed by atoms with van der Waals surface area (Å²) in [5.74, 6) is 0.0647. The van der Waals surface area contributed by atoms with E-state index in [0.717, 1.165) is 5.56 Å². The minimum absolute atomic E-state index is 0.0568. The van der Waals surface area contributed by atoms with E-state index in [1.165, 1.54) is 6.07 Å². The lowest BCUT2D eigenvalue weighted by atomic mass is 9.99. The van der Waals surface area contributed by atoms with Crippen molar-refractivity contribution < 1.29 is 15.0 Å². The molecule has 0 saturated heterocycles. The highest BCUT2D eigenvalue weighted by Gasteiger charge is 2.30. The van der Waals surface area contributed by atoms with Crippen molar-refractivity contribution in [2.75, 3.05) is 0 Å². The summed E-state index contributed by atoms with van der Waals surface area (Å²) in [5.41, 5.74) is 1.87. The highest BCUT2D eigenvalue weighted by atomic mass is 16.3. The molecular formula is C13H14O3. The number of aryl methyl sites for hydroxylation is 1. The molecule has 2 N–H and O–H groups in total. The van der Waals surface area contributed by atoms with Gasteiger partial charge in [0, 0.05) is 12.3 Å². The van der Waals surface area contributed by atoms with Crippen LogP contribution in [-0.2, 0) is 4.79 Å². The van der Waals surface area contributed by atoms with Crippen molar-refractivity contribution in [3.05, 3.63) is 35.1 Å². The molecule has 0 saturated carbocycles. The highest BCUT2D eigenvalue weighted by molar-refractivity contribution is 6.24. The van der Waals surface area contributed by atoms with Crippen LogP contribution in [-0.4, -0.2) is 16.0 Å². The molecule has 0 radical (unpaired) electrons.